The van der Waals surface area contributed by atoms with Crippen molar-refractivity contribution in [1.29, 1.82) is 0 Å². The van der Waals surface area contributed by atoms with Crippen LogP contribution in [0, 0.1) is 5.92 Å². The maximum absolute atomic E-state index is 14.1. The van der Waals surface area contributed by atoms with Crippen LogP contribution in [0.4, 0.5) is 8.78 Å². The molecule has 0 radical (unpaired) electrons. The first-order chi connectivity index (χ1) is 14.3. The second kappa shape index (κ2) is 9.37. The molecular formula is C23H38F2N2O3. The maximum atomic E-state index is 14.1. The lowest BCUT2D eigenvalue weighted by atomic mass is 9.83. The van der Waals surface area contributed by atoms with Gasteiger partial charge in [0, 0.05) is 44.6 Å². The zero-order valence-corrected chi connectivity index (χ0v) is 18.5. The number of piperidine rings is 1. The van der Waals surface area contributed by atoms with E-state index < -0.39 is 12.0 Å². The van der Waals surface area contributed by atoms with Crippen LogP contribution in [-0.2, 0) is 14.3 Å². The lowest BCUT2D eigenvalue weighted by Crippen LogP contribution is -2.63. The molecular weight excluding hydrogens is 390 g/mol. The Hall–Kier alpha value is -0.790. The van der Waals surface area contributed by atoms with Crippen molar-refractivity contribution in [2.45, 2.75) is 108 Å². The van der Waals surface area contributed by atoms with Crippen LogP contribution in [0.1, 0.15) is 71.6 Å². The fourth-order valence-corrected chi connectivity index (χ4v) is 6.00. The van der Waals surface area contributed by atoms with Crippen molar-refractivity contribution in [3.05, 3.63) is 0 Å². The summed E-state index contributed by atoms with van der Waals surface area (Å²) in [4.78, 5) is 17.0. The van der Waals surface area contributed by atoms with E-state index in [4.69, 9.17) is 9.47 Å². The van der Waals surface area contributed by atoms with Gasteiger partial charge in [-0.3, -0.25) is 4.79 Å². The molecule has 2 saturated heterocycles. The first-order valence-corrected chi connectivity index (χ1v) is 12.0. The SMILES string of the molecule is CC(C)OCC1CCC(N2CCC(N3C(=O)CO[C@H]4CCC(F)(F)C[C@@H]43)CC2)CC1. The van der Waals surface area contributed by atoms with Crippen molar-refractivity contribution in [3.63, 3.8) is 0 Å². The number of carbonyl (C=O) groups is 1. The minimum atomic E-state index is -2.68. The van der Waals surface area contributed by atoms with Gasteiger partial charge in [-0.15, -0.1) is 0 Å². The normalized spacial score (nSPS) is 36.2. The highest BCUT2D eigenvalue weighted by atomic mass is 19.3. The van der Waals surface area contributed by atoms with Gasteiger partial charge >= 0.3 is 0 Å². The van der Waals surface area contributed by atoms with Gasteiger partial charge < -0.3 is 19.3 Å². The van der Waals surface area contributed by atoms with Crippen molar-refractivity contribution in [2.75, 3.05) is 26.3 Å². The molecule has 0 bridgehead atoms. The molecule has 2 saturated carbocycles. The van der Waals surface area contributed by atoms with E-state index in [0.29, 0.717) is 24.5 Å². The summed E-state index contributed by atoms with van der Waals surface area (Å²) in [7, 11) is 0. The zero-order chi connectivity index (χ0) is 21.3. The predicted molar refractivity (Wildman–Crippen MR) is 111 cm³/mol. The lowest BCUT2D eigenvalue weighted by Gasteiger charge is -2.51. The Kier molecular flexibility index (Phi) is 7.00. The standard InChI is InChI=1S/C23H38F2N2O3/c1-16(2)29-14-17-3-5-18(6-4-17)26-11-8-19(9-12-26)27-20-13-23(24,25)10-7-21(20)30-15-22(27)28/h16-21H,3-15H2,1-2H3/t17?,18?,20-,21-/m0/s1. The summed E-state index contributed by atoms with van der Waals surface area (Å²) in [6.45, 7) is 7.02. The van der Waals surface area contributed by atoms with Crippen LogP contribution in [0.3, 0.4) is 0 Å². The number of ether oxygens (including phenoxy) is 2. The minimum absolute atomic E-state index is 0.0510. The molecule has 0 aromatic rings. The number of halogens is 2. The number of hydrogen-bond acceptors (Lipinski definition) is 4. The fraction of sp³-hybridized carbons (Fsp3) is 0.957. The van der Waals surface area contributed by atoms with Crippen LogP contribution < -0.4 is 0 Å². The van der Waals surface area contributed by atoms with E-state index >= 15 is 0 Å². The number of hydrogen-bond donors (Lipinski definition) is 0. The van der Waals surface area contributed by atoms with Gasteiger partial charge in [0.2, 0.25) is 11.8 Å². The fourth-order valence-electron chi connectivity index (χ4n) is 6.00. The van der Waals surface area contributed by atoms with Crippen LogP contribution in [-0.4, -0.2) is 78.3 Å². The average Bonchev–Trinajstić information content (AvgIpc) is 2.72. The Morgan fingerprint density at radius 3 is 2.43 bits per heavy atom. The number of amides is 1. The molecule has 1 amide bonds. The third-order valence-corrected chi connectivity index (χ3v) is 7.69. The van der Waals surface area contributed by atoms with Gasteiger partial charge in [-0.05, 0) is 64.7 Å². The number of rotatable bonds is 5. The van der Waals surface area contributed by atoms with Gasteiger partial charge in [0.15, 0.2) is 0 Å². The van der Waals surface area contributed by atoms with Gasteiger partial charge in [-0.2, -0.15) is 0 Å². The van der Waals surface area contributed by atoms with Crippen molar-refractivity contribution in [2.24, 2.45) is 5.92 Å². The van der Waals surface area contributed by atoms with Gasteiger partial charge in [-0.1, -0.05) is 0 Å². The topological polar surface area (TPSA) is 42.0 Å². The van der Waals surface area contributed by atoms with Crippen LogP contribution in [0.25, 0.3) is 0 Å². The van der Waals surface area contributed by atoms with Crippen LogP contribution in [0.5, 0.6) is 0 Å². The van der Waals surface area contributed by atoms with E-state index in [2.05, 4.69) is 18.7 Å². The second-order valence-electron chi connectivity index (χ2n) is 10.1. The summed E-state index contributed by atoms with van der Waals surface area (Å²) in [6, 6.07) is 0.242. The Morgan fingerprint density at radius 1 is 1.07 bits per heavy atom. The number of fused-ring (bicyclic) bond motifs is 1. The molecule has 2 atom stereocenters. The highest BCUT2D eigenvalue weighted by molar-refractivity contribution is 5.79. The summed E-state index contributed by atoms with van der Waals surface area (Å²) in [5.74, 6) is -2.10. The van der Waals surface area contributed by atoms with Gasteiger partial charge in [0.1, 0.15) is 6.61 Å². The molecule has 0 spiro atoms. The molecule has 0 unspecified atom stereocenters. The Labute approximate surface area is 179 Å². The third kappa shape index (κ3) is 5.16. The molecule has 4 aliphatic rings. The Morgan fingerprint density at radius 2 is 1.77 bits per heavy atom. The Bertz CT molecular complexity index is 587. The van der Waals surface area contributed by atoms with E-state index in [1.54, 1.807) is 4.90 Å². The van der Waals surface area contributed by atoms with Crippen LogP contribution >= 0.6 is 0 Å². The summed E-state index contributed by atoms with van der Waals surface area (Å²) >= 11 is 0. The maximum Gasteiger partial charge on any atom is 0.250 e. The molecule has 30 heavy (non-hydrogen) atoms. The van der Waals surface area contributed by atoms with E-state index in [1.165, 1.54) is 25.7 Å². The average molecular weight is 429 g/mol. The van der Waals surface area contributed by atoms with E-state index in [0.717, 1.165) is 32.5 Å². The molecule has 172 valence electrons. The van der Waals surface area contributed by atoms with E-state index in [-0.39, 0.29) is 37.5 Å². The lowest BCUT2D eigenvalue weighted by molar-refractivity contribution is -0.183. The van der Waals surface area contributed by atoms with Crippen molar-refractivity contribution in [1.82, 2.24) is 9.80 Å². The molecule has 2 aliphatic carbocycles. The van der Waals surface area contributed by atoms with Crippen LogP contribution in [0.2, 0.25) is 0 Å². The molecule has 4 fully saturated rings. The first kappa shape index (κ1) is 22.4. The molecule has 2 aliphatic heterocycles. The van der Waals surface area contributed by atoms with Crippen LogP contribution in [0.15, 0.2) is 0 Å². The quantitative estimate of drug-likeness (QED) is 0.667. The highest BCUT2D eigenvalue weighted by Crippen LogP contribution is 2.40. The minimum Gasteiger partial charge on any atom is -0.379 e. The second-order valence-corrected chi connectivity index (χ2v) is 10.1. The number of carbonyl (C=O) groups excluding carboxylic acids is 1. The van der Waals surface area contributed by atoms with Crippen molar-refractivity contribution in [3.8, 4) is 0 Å². The molecule has 4 rings (SSSR count). The number of likely N-dealkylation sites (tertiary alicyclic amines) is 1. The summed E-state index contributed by atoms with van der Waals surface area (Å²) in [6.07, 6.45) is 6.70. The van der Waals surface area contributed by atoms with Gasteiger partial charge in [-0.25, -0.2) is 8.78 Å². The monoisotopic (exact) mass is 428 g/mol. The molecule has 0 N–H and O–H groups in total. The van der Waals surface area contributed by atoms with Gasteiger partial charge in [0.25, 0.3) is 0 Å². The van der Waals surface area contributed by atoms with Crippen molar-refractivity contribution < 1.29 is 23.0 Å². The number of alkyl halides is 2. The van der Waals surface area contributed by atoms with E-state index in [9.17, 15) is 13.6 Å². The first-order valence-electron chi connectivity index (χ1n) is 12.0. The summed E-state index contributed by atoms with van der Waals surface area (Å²) in [5, 5.41) is 0. The zero-order valence-electron chi connectivity index (χ0n) is 18.5. The predicted octanol–water partition coefficient (Wildman–Crippen LogP) is 3.85. The molecule has 0 aromatic heterocycles. The largest absolute Gasteiger partial charge is 0.379 e. The molecule has 7 heteroatoms. The Balaban J connectivity index is 1.28. The van der Waals surface area contributed by atoms with Gasteiger partial charge in [0.05, 0.1) is 18.2 Å². The molecule has 2 heterocycles. The van der Waals surface area contributed by atoms with Crippen molar-refractivity contribution >= 4 is 5.91 Å². The molecule has 0 aromatic carbocycles. The number of nitrogens with zero attached hydrogens (tertiary/aromatic N) is 2. The van der Waals surface area contributed by atoms with E-state index in [1.807, 2.05) is 0 Å². The smallest absolute Gasteiger partial charge is 0.250 e. The number of morpholine rings is 1. The third-order valence-electron chi connectivity index (χ3n) is 7.69. The summed E-state index contributed by atoms with van der Waals surface area (Å²) in [5.41, 5.74) is 0. The summed E-state index contributed by atoms with van der Waals surface area (Å²) < 4.78 is 39.6. The highest BCUT2D eigenvalue weighted by Gasteiger charge is 2.50. The molecule has 5 nitrogen and oxygen atoms in total.